The molecule has 0 radical (unpaired) electrons. The predicted octanol–water partition coefficient (Wildman–Crippen LogP) is 5.73. The molecule has 0 aliphatic carbocycles. The molecule has 0 unspecified atom stereocenters. The van der Waals surface area contributed by atoms with E-state index in [2.05, 4.69) is 4.98 Å². The van der Waals surface area contributed by atoms with Crippen LogP contribution in [-0.4, -0.2) is 14.8 Å². The molecule has 3 nitrogen and oxygen atoms in total. The van der Waals surface area contributed by atoms with Gasteiger partial charge in [-0.2, -0.15) is 18.3 Å². The second-order valence-electron chi connectivity index (χ2n) is 6.95. The van der Waals surface area contributed by atoms with Gasteiger partial charge in [-0.25, -0.2) is 0 Å². The van der Waals surface area contributed by atoms with Gasteiger partial charge >= 0.3 is 6.18 Å². The second kappa shape index (κ2) is 6.19. The Bertz CT molecular complexity index is 1170. The quantitative estimate of drug-likeness (QED) is 0.445. The molecule has 0 atom stereocenters. The molecule has 2 aromatic carbocycles. The summed E-state index contributed by atoms with van der Waals surface area (Å²) in [6.07, 6.45) is -0.656. The molecule has 1 aliphatic heterocycles. The van der Waals surface area contributed by atoms with Crippen LogP contribution < -0.4 is 0 Å². The van der Waals surface area contributed by atoms with Crippen LogP contribution in [0.1, 0.15) is 17.7 Å². The first-order chi connectivity index (χ1) is 13.5. The normalized spacial score (nSPS) is 13.8. The Morgan fingerprint density at radius 2 is 1.71 bits per heavy atom. The van der Waals surface area contributed by atoms with Crippen molar-refractivity contribution in [2.24, 2.45) is 0 Å². The van der Waals surface area contributed by atoms with E-state index in [0.717, 1.165) is 64.9 Å². The number of pyridine rings is 1. The standard InChI is InChI=1S/C22H16F3N3/c23-22(24,25)15-9-7-14(8-10-15)21-20(19-6-3-13-28(19)27-21)17-11-12-26-18-5-2-1-4-16(17)18/h1-2,4-5,7-12H,3,6,13H2. The highest BCUT2D eigenvalue weighted by Gasteiger charge is 2.31. The van der Waals surface area contributed by atoms with Gasteiger partial charge in [-0.15, -0.1) is 0 Å². The van der Waals surface area contributed by atoms with Crippen molar-refractivity contribution in [3.05, 3.63) is 72.1 Å². The lowest BCUT2D eigenvalue weighted by molar-refractivity contribution is -0.137. The van der Waals surface area contributed by atoms with Gasteiger partial charge in [0.15, 0.2) is 0 Å². The number of nitrogens with zero attached hydrogens (tertiary/aromatic N) is 3. The topological polar surface area (TPSA) is 30.7 Å². The van der Waals surface area contributed by atoms with Crippen molar-refractivity contribution in [2.75, 3.05) is 0 Å². The number of aryl methyl sites for hydroxylation is 1. The molecule has 5 rings (SSSR count). The third-order valence-electron chi connectivity index (χ3n) is 5.25. The third kappa shape index (κ3) is 2.68. The van der Waals surface area contributed by atoms with Gasteiger partial charge in [0.2, 0.25) is 0 Å². The maximum absolute atomic E-state index is 12.9. The molecule has 0 saturated carbocycles. The minimum atomic E-state index is -4.35. The van der Waals surface area contributed by atoms with E-state index in [9.17, 15) is 13.2 Å². The fourth-order valence-electron chi connectivity index (χ4n) is 3.95. The second-order valence-corrected chi connectivity index (χ2v) is 6.95. The van der Waals surface area contributed by atoms with Crippen molar-refractivity contribution in [3.63, 3.8) is 0 Å². The van der Waals surface area contributed by atoms with Crippen molar-refractivity contribution >= 4 is 10.9 Å². The Balaban J connectivity index is 1.73. The van der Waals surface area contributed by atoms with Crippen LogP contribution in [0, 0.1) is 0 Å². The van der Waals surface area contributed by atoms with Crippen molar-refractivity contribution in [1.82, 2.24) is 14.8 Å². The Hall–Kier alpha value is -3.15. The molecule has 1 aliphatic rings. The Morgan fingerprint density at radius 3 is 2.50 bits per heavy atom. The number of hydrogen-bond acceptors (Lipinski definition) is 2. The first-order valence-electron chi connectivity index (χ1n) is 9.14. The monoisotopic (exact) mass is 379 g/mol. The van der Waals surface area contributed by atoms with Gasteiger partial charge in [0, 0.05) is 34.9 Å². The molecule has 0 spiro atoms. The van der Waals surface area contributed by atoms with E-state index in [-0.39, 0.29) is 0 Å². The van der Waals surface area contributed by atoms with Crippen LogP contribution in [0.25, 0.3) is 33.3 Å². The van der Waals surface area contributed by atoms with Crippen molar-refractivity contribution < 1.29 is 13.2 Å². The van der Waals surface area contributed by atoms with E-state index in [4.69, 9.17) is 5.10 Å². The number of fused-ring (bicyclic) bond motifs is 2. The van der Waals surface area contributed by atoms with Crippen molar-refractivity contribution in [2.45, 2.75) is 25.6 Å². The molecule has 0 amide bonds. The zero-order valence-corrected chi connectivity index (χ0v) is 14.9. The highest BCUT2D eigenvalue weighted by atomic mass is 19.4. The van der Waals surface area contributed by atoms with Crippen LogP contribution in [0.2, 0.25) is 0 Å². The summed E-state index contributed by atoms with van der Waals surface area (Å²) in [5, 5.41) is 5.77. The first-order valence-corrected chi connectivity index (χ1v) is 9.14. The molecule has 0 N–H and O–H groups in total. The van der Waals surface area contributed by atoms with Gasteiger partial charge in [0.1, 0.15) is 5.69 Å². The number of para-hydroxylation sites is 1. The minimum Gasteiger partial charge on any atom is -0.268 e. The molecule has 4 aromatic rings. The number of rotatable bonds is 2. The summed E-state index contributed by atoms with van der Waals surface area (Å²) in [7, 11) is 0. The largest absolute Gasteiger partial charge is 0.416 e. The van der Waals surface area contributed by atoms with Crippen LogP contribution in [-0.2, 0) is 19.1 Å². The lowest BCUT2D eigenvalue weighted by Gasteiger charge is -2.10. The van der Waals surface area contributed by atoms with E-state index in [1.165, 1.54) is 12.1 Å². The third-order valence-corrected chi connectivity index (χ3v) is 5.25. The summed E-state index contributed by atoms with van der Waals surface area (Å²) < 4.78 is 40.8. The maximum atomic E-state index is 12.9. The lowest BCUT2D eigenvalue weighted by atomic mass is 9.95. The van der Waals surface area contributed by atoms with E-state index in [1.54, 1.807) is 6.20 Å². The van der Waals surface area contributed by atoms with E-state index >= 15 is 0 Å². The molecule has 0 bridgehead atoms. The van der Waals surface area contributed by atoms with Gasteiger partial charge in [0.25, 0.3) is 0 Å². The van der Waals surface area contributed by atoms with Crippen LogP contribution in [0.4, 0.5) is 13.2 Å². The van der Waals surface area contributed by atoms with Crippen LogP contribution >= 0.6 is 0 Å². The van der Waals surface area contributed by atoms with Crippen LogP contribution in [0.5, 0.6) is 0 Å². The summed E-state index contributed by atoms with van der Waals surface area (Å²) in [6, 6.07) is 15.1. The smallest absolute Gasteiger partial charge is 0.268 e. The average molecular weight is 379 g/mol. The number of alkyl halides is 3. The van der Waals surface area contributed by atoms with E-state index in [1.807, 2.05) is 35.0 Å². The molecular formula is C22H16F3N3. The average Bonchev–Trinajstić information content (AvgIpc) is 3.28. The number of hydrogen-bond donors (Lipinski definition) is 0. The molecule has 28 heavy (non-hydrogen) atoms. The maximum Gasteiger partial charge on any atom is 0.416 e. The minimum absolute atomic E-state index is 0.654. The molecular weight excluding hydrogens is 363 g/mol. The highest BCUT2D eigenvalue weighted by Crippen LogP contribution is 2.40. The summed E-state index contributed by atoms with van der Waals surface area (Å²) in [5.41, 5.74) is 4.78. The fourth-order valence-corrected chi connectivity index (χ4v) is 3.95. The van der Waals surface area contributed by atoms with Gasteiger partial charge in [-0.3, -0.25) is 9.67 Å². The number of aromatic nitrogens is 3. The molecule has 0 fully saturated rings. The Morgan fingerprint density at radius 1 is 0.929 bits per heavy atom. The van der Waals surface area contributed by atoms with Gasteiger partial charge in [0.05, 0.1) is 11.1 Å². The summed E-state index contributed by atoms with van der Waals surface area (Å²) in [6.45, 7) is 0.825. The molecule has 3 heterocycles. The van der Waals surface area contributed by atoms with Crippen LogP contribution in [0.15, 0.2) is 60.8 Å². The Labute approximate surface area is 159 Å². The van der Waals surface area contributed by atoms with Gasteiger partial charge in [-0.05, 0) is 42.7 Å². The zero-order valence-electron chi connectivity index (χ0n) is 14.9. The summed E-state index contributed by atoms with van der Waals surface area (Å²) in [4.78, 5) is 4.43. The van der Waals surface area contributed by atoms with Gasteiger partial charge in [-0.1, -0.05) is 30.3 Å². The number of halogens is 3. The van der Waals surface area contributed by atoms with Crippen LogP contribution in [0.3, 0.4) is 0 Å². The van der Waals surface area contributed by atoms with Crippen molar-refractivity contribution in [1.29, 1.82) is 0 Å². The van der Waals surface area contributed by atoms with Crippen molar-refractivity contribution in [3.8, 4) is 22.4 Å². The highest BCUT2D eigenvalue weighted by molar-refractivity contribution is 5.99. The lowest BCUT2D eigenvalue weighted by Crippen LogP contribution is -2.04. The number of benzene rings is 2. The van der Waals surface area contributed by atoms with Gasteiger partial charge < -0.3 is 0 Å². The zero-order chi connectivity index (χ0) is 19.3. The molecule has 140 valence electrons. The SMILES string of the molecule is FC(F)(F)c1ccc(-c2nn3c(c2-c2ccnc4ccccc24)CCC3)cc1. The van der Waals surface area contributed by atoms with E-state index < -0.39 is 11.7 Å². The molecule has 0 saturated heterocycles. The first kappa shape index (κ1) is 17.0. The Kier molecular flexibility index (Phi) is 3.75. The fraction of sp³-hybridized carbons (Fsp3) is 0.182. The van der Waals surface area contributed by atoms with E-state index in [0.29, 0.717) is 5.56 Å². The predicted molar refractivity (Wildman–Crippen MR) is 102 cm³/mol. The summed E-state index contributed by atoms with van der Waals surface area (Å²) >= 11 is 0. The molecule has 6 heteroatoms. The molecule has 2 aromatic heterocycles. The summed E-state index contributed by atoms with van der Waals surface area (Å²) in [5.74, 6) is 0.